The number of pyridine rings is 1. The molecule has 8 heteroatoms. The molecular formula is C13H14N8. The van der Waals surface area contributed by atoms with Gasteiger partial charge in [0.15, 0.2) is 0 Å². The number of nitrogens with two attached hydrogens (primary N) is 1. The molecule has 106 valence electrons. The van der Waals surface area contributed by atoms with E-state index in [9.17, 15) is 0 Å². The Hall–Kier alpha value is -3.03. The summed E-state index contributed by atoms with van der Waals surface area (Å²) in [6.07, 6.45) is 6.94. The Morgan fingerprint density at radius 3 is 2.81 bits per heavy atom. The summed E-state index contributed by atoms with van der Waals surface area (Å²) in [7, 11) is 1.88. The third kappa shape index (κ3) is 2.94. The summed E-state index contributed by atoms with van der Waals surface area (Å²) in [5.74, 6) is 1.03. The molecule has 0 amide bonds. The van der Waals surface area contributed by atoms with Gasteiger partial charge in [-0.15, -0.1) is 0 Å². The topological polar surface area (TPSA) is 98.6 Å². The van der Waals surface area contributed by atoms with Crippen LogP contribution in [0.3, 0.4) is 0 Å². The Morgan fingerprint density at radius 2 is 2.10 bits per heavy atom. The molecule has 0 saturated heterocycles. The fourth-order valence-corrected chi connectivity index (χ4v) is 1.87. The number of hydrogen-bond acceptors (Lipinski definition) is 7. The van der Waals surface area contributed by atoms with Crippen LogP contribution in [0.2, 0.25) is 0 Å². The molecule has 0 spiro atoms. The lowest BCUT2D eigenvalue weighted by molar-refractivity contribution is 0.776. The van der Waals surface area contributed by atoms with Gasteiger partial charge in [-0.3, -0.25) is 4.98 Å². The smallest absolute Gasteiger partial charge is 0.257 e. The molecule has 0 aliphatic carbocycles. The summed E-state index contributed by atoms with van der Waals surface area (Å²) in [5.41, 5.74) is 6.81. The quantitative estimate of drug-likeness (QED) is 0.750. The van der Waals surface area contributed by atoms with Crippen molar-refractivity contribution in [3.05, 3.63) is 48.5 Å². The molecular weight excluding hydrogens is 268 g/mol. The highest BCUT2D eigenvalue weighted by atomic mass is 15.4. The van der Waals surface area contributed by atoms with E-state index in [0.29, 0.717) is 18.4 Å². The summed E-state index contributed by atoms with van der Waals surface area (Å²) >= 11 is 0. The van der Waals surface area contributed by atoms with E-state index in [0.717, 1.165) is 5.56 Å². The molecule has 3 heterocycles. The van der Waals surface area contributed by atoms with Crippen LogP contribution in [0.4, 0.5) is 11.9 Å². The average molecular weight is 282 g/mol. The Balaban J connectivity index is 1.88. The van der Waals surface area contributed by atoms with E-state index in [1.165, 1.54) is 0 Å². The highest BCUT2D eigenvalue weighted by Gasteiger charge is 2.11. The second kappa shape index (κ2) is 5.53. The minimum Gasteiger partial charge on any atom is -0.368 e. The van der Waals surface area contributed by atoms with E-state index in [2.05, 4.69) is 25.0 Å². The molecule has 0 atom stereocenters. The van der Waals surface area contributed by atoms with Crippen molar-refractivity contribution in [3.63, 3.8) is 0 Å². The monoisotopic (exact) mass is 282 g/mol. The predicted octanol–water partition coefficient (Wildman–Crippen LogP) is 0.671. The molecule has 0 radical (unpaired) electrons. The van der Waals surface area contributed by atoms with Crippen molar-refractivity contribution in [1.29, 1.82) is 0 Å². The predicted molar refractivity (Wildman–Crippen MR) is 77.7 cm³/mol. The van der Waals surface area contributed by atoms with E-state index in [1.54, 1.807) is 35.5 Å². The second-order valence-corrected chi connectivity index (χ2v) is 4.46. The Morgan fingerprint density at radius 1 is 1.19 bits per heavy atom. The largest absolute Gasteiger partial charge is 0.368 e. The van der Waals surface area contributed by atoms with Crippen LogP contribution < -0.4 is 10.6 Å². The Kier molecular flexibility index (Phi) is 3.42. The molecule has 3 aromatic rings. The van der Waals surface area contributed by atoms with Crippen LogP contribution in [0.5, 0.6) is 0 Å². The summed E-state index contributed by atoms with van der Waals surface area (Å²) in [6.45, 7) is 0.621. The first-order valence-corrected chi connectivity index (χ1v) is 6.34. The third-order valence-electron chi connectivity index (χ3n) is 2.82. The van der Waals surface area contributed by atoms with Gasteiger partial charge in [0.05, 0.1) is 0 Å². The summed E-state index contributed by atoms with van der Waals surface area (Å²) < 4.78 is 1.54. The van der Waals surface area contributed by atoms with Gasteiger partial charge in [-0.2, -0.15) is 20.1 Å². The first kappa shape index (κ1) is 13.0. The molecule has 2 N–H and O–H groups in total. The molecule has 0 saturated carbocycles. The van der Waals surface area contributed by atoms with Gasteiger partial charge in [0, 0.05) is 38.4 Å². The van der Waals surface area contributed by atoms with Crippen molar-refractivity contribution in [1.82, 2.24) is 29.7 Å². The van der Waals surface area contributed by atoms with Gasteiger partial charge in [0.2, 0.25) is 11.9 Å². The van der Waals surface area contributed by atoms with E-state index in [-0.39, 0.29) is 5.95 Å². The number of nitrogens with zero attached hydrogens (tertiary/aromatic N) is 7. The maximum absolute atomic E-state index is 5.75. The number of aromatic nitrogens is 6. The Bertz CT molecular complexity index is 710. The first-order chi connectivity index (χ1) is 10.2. The van der Waals surface area contributed by atoms with Gasteiger partial charge in [0.1, 0.15) is 0 Å². The minimum absolute atomic E-state index is 0.156. The van der Waals surface area contributed by atoms with Crippen LogP contribution in [0.1, 0.15) is 5.56 Å². The average Bonchev–Trinajstić information content (AvgIpc) is 3.02. The van der Waals surface area contributed by atoms with Crippen LogP contribution in [-0.2, 0) is 6.54 Å². The molecule has 0 aliphatic heterocycles. The summed E-state index contributed by atoms with van der Waals surface area (Å²) in [5, 5.41) is 4.09. The zero-order chi connectivity index (χ0) is 14.7. The molecule has 3 aromatic heterocycles. The van der Waals surface area contributed by atoms with Crippen molar-refractivity contribution in [2.45, 2.75) is 6.54 Å². The fraction of sp³-hybridized carbons (Fsp3) is 0.154. The standard InChI is InChI=1S/C13H14N8/c1-20(9-10-4-2-5-15-8-10)12-17-11(14)18-13(19-12)21-7-3-6-16-21/h2-8H,9H2,1H3,(H2,14,17,18,19). The molecule has 0 unspecified atom stereocenters. The maximum atomic E-state index is 5.75. The number of rotatable bonds is 4. The van der Waals surface area contributed by atoms with E-state index in [1.807, 2.05) is 24.1 Å². The van der Waals surface area contributed by atoms with Gasteiger partial charge in [-0.05, 0) is 17.7 Å². The molecule has 0 aliphatic rings. The zero-order valence-electron chi connectivity index (χ0n) is 11.5. The van der Waals surface area contributed by atoms with Crippen molar-refractivity contribution < 1.29 is 0 Å². The second-order valence-electron chi connectivity index (χ2n) is 4.46. The van der Waals surface area contributed by atoms with Gasteiger partial charge in [0.25, 0.3) is 5.95 Å². The Labute approximate surface area is 121 Å². The number of hydrogen-bond donors (Lipinski definition) is 1. The summed E-state index contributed by atoms with van der Waals surface area (Å²) in [6, 6.07) is 5.67. The van der Waals surface area contributed by atoms with Crippen LogP contribution in [-0.4, -0.2) is 36.8 Å². The maximum Gasteiger partial charge on any atom is 0.257 e. The van der Waals surface area contributed by atoms with Crippen molar-refractivity contribution in [2.24, 2.45) is 0 Å². The van der Waals surface area contributed by atoms with Crippen molar-refractivity contribution in [3.8, 4) is 5.95 Å². The van der Waals surface area contributed by atoms with Crippen molar-refractivity contribution in [2.75, 3.05) is 17.7 Å². The lowest BCUT2D eigenvalue weighted by atomic mass is 10.3. The van der Waals surface area contributed by atoms with E-state index < -0.39 is 0 Å². The SMILES string of the molecule is CN(Cc1cccnc1)c1nc(N)nc(-n2cccn2)n1. The molecule has 3 rings (SSSR count). The number of anilines is 2. The molecule has 0 aromatic carbocycles. The summed E-state index contributed by atoms with van der Waals surface area (Å²) in [4.78, 5) is 18.6. The van der Waals surface area contributed by atoms with Crippen LogP contribution in [0.15, 0.2) is 43.0 Å². The van der Waals surface area contributed by atoms with Gasteiger partial charge >= 0.3 is 0 Å². The molecule has 0 bridgehead atoms. The zero-order valence-corrected chi connectivity index (χ0v) is 11.5. The molecule has 8 nitrogen and oxygen atoms in total. The van der Waals surface area contributed by atoms with Crippen LogP contribution >= 0.6 is 0 Å². The highest BCUT2D eigenvalue weighted by Crippen LogP contribution is 2.12. The van der Waals surface area contributed by atoms with Crippen molar-refractivity contribution >= 4 is 11.9 Å². The van der Waals surface area contributed by atoms with Gasteiger partial charge < -0.3 is 10.6 Å². The van der Waals surface area contributed by atoms with Gasteiger partial charge in [-0.25, -0.2) is 4.68 Å². The van der Waals surface area contributed by atoms with Crippen LogP contribution in [0, 0.1) is 0 Å². The van der Waals surface area contributed by atoms with Gasteiger partial charge in [-0.1, -0.05) is 6.07 Å². The molecule has 0 fully saturated rings. The lowest BCUT2D eigenvalue weighted by Gasteiger charge is -2.17. The number of nitrogen functional groups attached to an aromatic ring is 1. The first-order valence-electron chi connectivity index (χ1n) is 6.34. The fourth-order valence-electron chi connectivity index (χ4n) is 1.87. The highest BCUT2D eigenvalue weighted by molar-refractivity contribution is 5.37. The lowest BCUT2D eigenvalue weighted by Crippen LogP contribution is -2.21. The molecule has 21 heavy (non-hydrogen) atoms. The van der Waals surface area contributed by atoms with Crippen LogP contribution in [0.25, 0.3) is 5.95 Å². The normalized spacial score (nSPS) is 10.5. The minimum atomic E-state index is 0.156. The van der Waals surface area contributed by atoms with E-state index >= 15 is 0 Å². The van der Waals surface area contributed by atoms with E-state index in [4.69, 9.17) is 5.73 Å². The third-order valence-corrected chi connectivity index (χ3v) is 2.82.